The number of carbonyl (C=O) groups is 1. The summed E-state index contributed by atoms with van der Waals surface area (Å²) in [5.74, 6) is 0.0166. The van der Waals surface area contributed by atoms with E-state index in [1.165, 1.54) is 36.9 Å². The highest BCUT2D eigenvalue weighted by atomic mass is 16.1. The lowest BCUT2D eigenvalue weighted by Gasteiger charge is -2.36. The summed E-state index contributed by atoms with van der Waals surface area (Å²) in [5, 5.41) is 2.70. The van der Waals surface area contributed by atoms with E-state index in [9.17, 15) is 4.79 Å². The predicted molar refractivity (Wildman–Crippen MR) is 76.5 cm³/mol. The van der Waals surface area contributed by atoms with Crippen molar-refractivity contribution in [2.75, 3.05) is 20.1 Å². The first-order chi connectivity index (χ1) is 9.28. The van der Waals surface area contributed by atoms with Crippen LogP contribution in [0.15, 0.2) is 18.2 Å². The van der Waals surface area contributed by atoms with E-state index in [2.05, 4.69) is 22.3 Å². The van der Waals surface area contributed by atoms with Gasteiger partial charge in [0.15, 0.2) is 0 Å². The molecule has 0 bridgehead atoms. The molecule has 3 nitrogen and oxygen atoms in total. The lowest BCUT2D eigenvalue weighted by atomic mass is 9.91. The highest BCUT2D eigenvalue weighted by Crippen LogP contribution is 2.27. The van der Waals surface area contributed by atoms with E-state index in [0.29, 0.717) is 0 Å². The molecule has 1 aromatic rings. The highest BCUT2D eigenvalue weighted by molar-refractivity contribution is 5.94. The summed E-state index contributed by atoms with van der Waals surface area (Å²) in [5.41, 5.74) is 3.58. The Hall–Kier alpha value is -1.35. The number of hydrogen-bond acceptors (Lipinski definition) is 2. The van der Waals surface area contributed by atoms with Crippen LogP contribution in [-0.4, -0.2) is 37.0 Å². The number of rotatable bonds is 2. The van der Waals surface area contributed by atoms with Gasteiger partial charge in [-0.25, -0.2) is 0 Å². The van der Waals surface area contributed by atoms with E-state index in [-0.39, 0.29) is 5.91 Å². The van der Waals surface area contributed by atoms with Crippen molar-refractivity contribution in [3.63, 3.8) is 0 Å². The van der Waals surface area contributed by atoms with E-state index >= 15 is 0 Å². The third-order valence-corrected chi connectivity index (χ3v) is 4.62. The highest BCUT2D eigenvalue weighted by Gasteiger charge is 2.26. The Morgan fingerprint density at radius 2 is 1.95 bits per heavy atom. The molecule has 0 spiro atoms. The molecular formula is C16H22N2O. The molecule has 0 radical (unpaired) electrons. The zero-order valence-corrected chi connectivity index (χ0v) is 11.6. The number of nitrogens with zero attached hydrogens (tertiary/aromatic N) is 1. The van der Waals surface area contributed by atoms with Gasteiger partial charge in [0.05, 0.1) is 0 Å². The Labute approximate surface area is 115 Å². The Balaban J connectivity index is 1.76. The first-order valence-electron chi connectivity index (χ1n) is 7.36. The van der Waals surface area contributed by atoms with E-state index in [0.717, 1.165) is 31.0 Å². The zero-order valence-electron chi connectivity index (χ0n) is 11.6. The maximum atomic E-state index is 11.7. The molecule has 102 valence electrons. The van der Waals surface area contributed by atoms with Gasteiger partial charge in [0.1, 0.15) is 0 Å². The Morgan fingerprint density at radius 1 is 1.21 bits per heavy atom. The first kappa shape index (κ1) is 12.7. The van der Waals surface area contributed by atoms with Crippen LogP contribution in [0.25, 0.3) is 0 Å². The number of hydrogen-bond donors (Lipinski definition) is 1. The minimum atomic E-state index is 0.0166. The van der Waals surface area contributed by atoms with Crippen LogP contribution in [0.3, 0.4) is 0 Å². The molecule has 0 atom stereocenters. The smallest absolute Gasteiger partial charge is 0.251 e. The summed E-state index contributed by atoms with van der Waals surface area (Å²) in [6.45, 7) is 2.33. The van der Waals surface area contributed by atoms with E-state index in [4.69, 9.17) is 0 Å². The molecule has 0 aromatic heterocycles. The summed E-state index contributed by atoms with van der Waals surface area (Å²) >= 11 is 0. The number of amides is 1. The minimum absolute atomic E-state index is 0.0166. The minimum Gasteiger partial charge on any atom is -0.355 e. The van der Waals surface area contributed by atoms with Crippen molar-refractivity contribution in [1.82, 2.24) is 10.2 Å². The number of nitrogens with one attached hydrogen (secondary N) is 1. The summed E-state index contributed by atoms with van der Waals surface area (Å²) in [6, 6.07) is 7.01. The average Bonchev–Trinajstić information content (AvgIpc) is 2.58. The van der Waals surface area contributed by atoms with Crippen LogP contribution in [-0.2, 0) is 12.8 Å². The van der Waals surface area contributed by atoms with Crippen LogP contribution in [0.2, 0.25) is 0 Å². The Bertz CT molecular complexity index is 480. The van der Waals surface area contributed by atoms with Crippen LogP contribution in [0.1, 0.15) is 40.7 Å². The van der Waals surface area contributed by atoms with Gasteiger partial charge in [-0.3, -0.25) is 9.69 Å². The Kier molecular flexibility index (Phi) is 3.56. The Morgan fingerprint density at radius 3 is 2.58 bits per heavy atom. The molecule has 3 rings (SSSR count). The van der Waals surface area contributed by atoms with Gasteiger partial charge < -0.3 is 5.32 Å². The van der Waals surface area contributed by atoms with Crippen molar-refractivity contribution in [2.45, 2.75) is 38.1 Å². The van der Waals surface area contributed by atoms with Gasteiger partial charge >= 0.3 is 0 Å². The maximum absolute atomic E-state index is 11.7. The third kappa shape index (κ3) is 2.52. The number of carbonyl (C=O) groups excluding carboxylic acids is 1. The van der Waals surface area contributed by atoms with Crippen molar-refractivity contribution in [3.8, 4) is 0 Å². The van der Waals surface area contributed by atoms with Gasteiger partial charge in [0.2, 0.25) is 0 Å². The van der Waals surface area contributed by atoms with Crippen LogP contribution < -0.4 is 5.32 Å². The maximum Gasteiger partial charge on any atom is 0.251 e. The molecule has 19 heavy (non-hydrogen) atoms. The predicted octanol–water partition coefficient (Wildman–Crippen LogP) is 2.00. The quantitative estimate of drug-likeness (QED) is 0.880. The van der Waals surface area contributed by atoms with E-state index in [1.807, 2.05) is 6.07 Å². The molecular weight excluding hydrogens is 236 g/mol. The third-order valence-electron chi connectivity index (χ3n) is 4.62. The van der Waals surface area contributed by atoms with E-state index in [1.54, 1.807) is 7.05 Å². The molecule has 1 aromatic carbocycles. The monoisotopic (exact) mass is 258 g/mol. The number of benzene rings is 1. The summed E-state index contributed by atoms with van der Waals surface area (Å²) in [6.07, 6.45) is 6.35. The fraction of sp³-hybridized carbons (Fsp3) is 0.562. The van der Waals surface area contributed by atoms with Crippen LogP contribution >= 0.6 is 0 Å². The lowest BCUT2D eigenvalue weighted by Crippen LogP contribution is -2.41. The fourth-order valence-electron chi connectivity index (χ4n) is 3.15. The van der Waals surface area contributed by atoms with Crippen molar-refractivity contribution in [2.24, 2.45) is 0 Å². The zero-order chi connectivity index (χ0) is 13.2. The standard InChI is InChI=1S/C16H22N2O/c1-17-16(19)14-6-5-12-7-9-18(15-3-2-4-15)10-8-13(12)11-14/h5-6,11,15H,2-4,7-10H2,1H3,(H,17,19). The molecule has 1 amide bonds. The molecule has 0 saturated heterocycles. The topological polar surface area (TPSA) is 32.3 Å². The molecule has 0 unspecified atom stereocenters. The van der Waals surface area contributed by atoms with Gasteiger partial charge in [-0.15, -0.1) is 0 Å². The van der Waals surface area contributed by atoms with Crippen LogP contribution in [0.4, 0.5) is 0 Å². The molecule has 1 fully saturated rings. The first-order valence-corrected chi connectivity index (χ1v) is 7.36. The molecule has 1 saturated carbocycles. The summed E-state index contributed by atoms with van der Waals surface area (Å²) in [4.78, 5) is 14.3. The fourth-order valence-corrected chi connectivity index (χ4v) is 3.15. The second kappa shape index (κ2) is 5.33. The van der Waals surface area contributed by atoms with Gasteiger partial charge in [-0.05, 0) is 48.9 Å². The second-order valence-corrected chi connectivity index (χ2v) is 5.68. The van der Waals surface area contributed by atoms with Crippen LogP contribution in [0, 0.1) is 0 Å². The van der Waals surface area contributed by atoms with Gasteiger partial charge in [0.25, 0.3) is 5.91 Å². The van der Waals surface area contributed by atoms with Crippen molar-refractivity contribution >= 4 is 5.91 Å². The van der Waals surface area contributed by atoms with Crippen molar-refractivity contribution in [3.05, 3.63) is 34.9 Å². The SMILES string of the molecule is CNC(=O)c1ccc2c(c1)CCN(C1CCC1)CC2. The van der Waals surface area contributed by atoms with Crippen molar-refractivity contribution in [1.29, 1.82) is 0 Å². The molecule has 1 aliphatic heterocycles. The number of fused-ring (bicyclic) bond motifs is 1. The molecule has 2 aliphatic rings. The molecule has 1 aliphatic carbocycles. The molecule has 3 heteroatoms. The lowest BCUT2D eigenvalue weighted by molar-refractivity contribution is 0.0963. The second-order valence-electron chi connectivity index (χ2n) is 5.68. The van der Waals surface area contributed by atoms with Crippen molar-refractivity contribution < 1.29 is 4.79 Å². The van der Waals surface area contributed by atoms with Gasteiger partial charge in [0, 0.05) is 31.7 Å². The van der Waals surface area contributed by atoms with E-state index < -0.39 is 0 Å². The average molecular weight is 258 g/mol. The largest absolute Gasteiger partial charge is 0.355 e. The normalized spacial score (nSPS) is 20.3. The van der Waals surface area contributed by atoms with Crippen LogP contribution in [0.5, 0.6) is 0 Å². The summed E-state index contributed by atoms with van der Waals surface area (Å²) in [7, 11) is 1.69. The molecule has 1 N–H and O–H groups in total. The summed E-state index contributed by atoms with van der Waals surface area (Å²) < 4.78 is 0. The van der Waals surface area contributed by atoms with Gasteiger partial charge in [-0.1, -0.05) is 12.5 Å². The van der Waals surface area contributed by atoms with Gasteiger partial charge in [-0.2, -0.15) is 0 Å². The molecule has 1 heterocycles.